The fourth-order valence-corrected chi connectivity index (χ4v) is 3.66. The Balaban J connectivity index is 2.05. The van der Waals surface area contributed by atoms with Crippen LogP contribution in [0, 0.1) is 11.3 Å². The lowest BCUT2D eigenvalue weighted by Gasteiger charge is -2.21. The molecular formula is C19H19N5O5. The molecule has 5 N–H and O–H groups in total. The molecule has 29 heavy (non-hydrogen) atoms. The Hall–Kier alpha value is -3.23. The third-order valence-corrected chi connectivity index (χ3v) is 5.04. The van der Waals surface area contributed by atoms with Gasteiger partial charge in [0.05, 0.1) is 30.4 Å². The van der Waals surface area contributed by atoms with Gasteiger partial charge in [-0.2, -0.15) is 5.26 Å². The maximum Gasteiger partial charge on any atom is 0.165 e. The van der Waals surface area contributed by atoms with Gasteiger partial charge >= 0.3 is 0 Å². The van der Waals surface area contributed by atoms with E-state index in [9.17, 15) is 20.6 Å². The fraction of sp³-hybridized carbons (Fsp3) is 0.316. The Morgan fingerprint density at radius 3 is 2.76 bits per heavy atom. The molecule has 10 nitrogen and oxygen atoms in total. The van der Waals surface area contributed by atoms with Crippen LogP contribution < -0.4 is 10.5 Å². The van der Waals surface area contributed by atoms with Crippen molar-refractivity contribution in [3.8, 4) is 23.1 Å². The molecule has 1 aliphatic heterocycles. The van der Waals surface area contributed by atoms with Crippen LogP contribution in [-0.4, -0.2) is 61.9 Å². The molecule has 0 bridgehead atoms. The topological polar surface area (TPSA) is 160 Å². The van der Waals surface area contributed by atoms with Crippen LogP contribution in [-0.2, 0) is 4.74 Å². The summed E-state index contributed by atoms with van der Waals surface area (Å²) in [6.45, 7) is -0.481. The third-order valence-electron chi connectivity index (χ3n) is 5.04. The Labute approximate surface area is 165 Å². The Morgan fingerprint density at radius 2 is 2.10 bits per heavy atom. The van der Waals surface area contributed by atoms with Crippen LogP contribution >= 0.6 is 0 Å². The number of methoxy groups -OCH3 is 1. The van der Waals surface area contributed by atoms with Gasteiger partial charge in [0.25, 0.3) is 0 Å². The Bertz CT molecular complexity index is 1110. The van der Waals surface area contributed by atoms with Gasteiger partial charge < -0.3 is 30.5 Å². The summed E-state index contributed by atoms with van der Waals surface area (Å²) in [5, 5.41) is 40.5. The third kappa shape index (κ3) is 2.88. The van der Waals surface area contributed by atoms with Crippen LogP contribution in [0.1, 0.15) is 11.8 Å². The predicted octanol–water partition coefficient (Wildman–Crippen LogP) is 0.172. The van der Waals surface area contributed by atoms with Crippen LogP contribution in [0.2, 0.25) is 0 Å². The number of hydrogen-bond donors (Lipinski definition) is 4. The summed E-state index contributed by atoms with van der Waals surface area (Å²) < 4.78 is 12.5. The first-order valence-corrected chi connectivity index (χ1v) is 8.83. The lowest BCUT2D eigenvalue weighted by Crippen LogP contribution is -2.33. The van der Waals surface area contributed by atoms with Crippen molar-refractivity contribution < 1.29 is 24.8 Å². The molecule has 3 aromatic rings. The summed E-state index contributed by atoms with van der Waals surface area (Å²) in [4.78, 5) is 8.22. The number of ether oxygens (including phenoxy) is 2. The van der Waals surface area contributed by atoms with E-state index in [1.807, 2.05) is 0 Å². The number of nitriles is 1. The van der Waals surface area contributed by atoms with Crippen LogP contribution in [0.3, 0.4) is 0 Å². The zero-order chi connectivity index (χ0) is 20.7. The molecule has 1 aliphatic rings. The van der Waals surface area contributed by atoms with Gasteiger partial charge in [-0.25, -0.2) is 9.97 Å². The summed E-state index contributed by atoms with van der Waals surface area (Å²) >= 11 is 0. The molecule has 2 aromatic heterocycles. The van der Waals surface area contributed by atoms with Crippen molar-refractivity contribution in [1.82, 2.24) is 14.5 Å². The molecule has 1 saturated heterocycles. The molecule has 0 amide bonds. The molecule has 0 spiro atoms. The largest absolute Gasteiger partial charge is 0.497 e. The number of aliphatic hydroxyl groups excluding tert-OH is 3. The van der Waals surface area contributed by atoms with E-state index >= 15 is 0 Å². The van der Waals surface area contributed by atoms with Crippen LogP contribution in [0.4, 0.5) is 5.82 Å². The standard InChI is InChI=1S/C19H19N5O5/c1-28-10-4-2-3-9(5-10)14-11(6-20)13-17(21)22-8-23-18(13)24(14)19-16(27)15(26)12(7-25)29-19/h2-5,8,12,15-16,19,25-27H,7H2,1H3,(H2,21,22,23)/t12-,15+,16-,19-/m0/s1. The molecule has 1 aromatic carbocycles. The Morgan fingerprint density at radius 1 is 1.31 bits per heavy atom. The summed E-state index contributed by atoms with van der Waals surface area (Å²) in [5.41, 5.74) is 7.47. The number of hydrogen-bond acceptors (Lipinski definition) is 9. The monoisotopic (exact) mass is 397 g/mol. The normalized spacial score (nSPS) is 24.0. The van der Waals surface area contributed by atoms with E-state index in [2.05, 4.69) is 16.0 Å². The van der Waals surface area contributed by atoms with Gasteiger partial charge in [0, 0.05) is 5.56 Å². The van der Waals surface area contributed by atoms with Gasteiger partial charge in [0.15, 0.2) is 6.23 Å². The number of aromatic nitrogens is 3. The fourth-order valence-electron chi connectivity index (χ4n) is 3.66. The highest BCUT2D eigenvalue weighted by Gasteiger charge is 2.45. The molecule has 0 saturated carbocycles. The smallest absolute Gasteiger partial charge is 0.165 e. The highest BCUT2D eigenvalue weighted by Crippen LogP contribution is 2.41. The lowest BCUT2D eigenvalue weighted by molar-refractivity contribution is -0.0501. The highest BCUT2D eigenvalue weighted by atomic mass is 16.6. The number of benzene rings is 1. The van der Waals surface area contributed by atoms with Crippen molar-refractivity contribution in [2.75, 3.05) is 19.5 Å². The van der Waals surface area contributed by atoms with E-state index in [4.69, 9.17) is 15.2 Å². The zero-order valence-corrected chi connectivity index (χ0v) is 15.4. The molecule has 4 atom stereocenters. The summed E-state index contributed by atoms with van der Waals surface area (Å²) in [5.74, 6) is 0.657. The molecule has 3 heterocycles. The second-order valence-corrected chi connectivity index (χ2v) is 6.62. The number of fused-ring (bicyclic) bond motifs is 1. The van der Waals surface area contributed by atoms with Crippen molar-refractivity contribution >= 4 is 16.9 Å². The predicted molar refractivity (Wildman–Crippen MR) is 102 cm³/mol. The maximum atomic E-state index is 10.6. The summed E-state index contributed by atoms with van der Waals surface area (Å²) in [7, 11) is 1.52. The molecule has 10 heteroatoms. The van der Waals surface area contributed by atoms with E-state index in [1.165, 1.54) is 18.0 Å². The minimum absolute atomic E-state index is 0.0983. The molecule has 150 valence electrons. The minimum atomic E-state index is -1.37. The number of rotatable bonds is 4. The molecule has 1 fully saturated rings. The molecule has 0 unspecified atom stereocenters. The first-order chi connectivity index (χ1) is 14.0. The summed E-state index contributed by atoms with van der Waals surface area (Å²) in [6.07, 6.45) is -3.54. The SMILES string of the molecule is COc1cccc(-c2c(C#N)c3c(N)ncnc3n2[C@H]2O[C@@H](CO)[C@@H](O)[C@@H]2O)c1. The van der Waals surface area contributed by atoms with Gasteiger partial charge in [-0.1, -0.05) is 12.1 Å². The van der Waals surface area contributed by atoms with Crippen LogP contribution in [0.5, 0.6) is 5.75 Å². The van der Waals surface area contributed by atoms with E-state index in [0.29, 0.717) is 22.4 Å². The Kier molecular flexibility index (Phi) is 4.81. The van der Waals surface area contributed by atoms with E-state index in [0.717, 1.165) is 0 Å². The van der Waals surface area contributed by atoms with E-state index in [1.54, 1.807) is 24.3 Å². The minimum Gasteiger partial charge on any atom is -0.497 e. The van der Waals surface area contributed by atoms with Gasteiger partial charge in [0.1, 0.15) is 47.9 Å². The first-order valence-electron chi connectivity index (χ1n) is 8.83. The zero-order valence-electron chi connectivity index (χ0n) is 15.4. The second-order valence-electron chi connectivity index (χ2n) is 6.62. The van der Waals surface area contributed by atoms with E-state index in [-0.39, 0.29) is 17.0 Å². The summed E-state index contributed by atoms with van der Waals surface area (Å²) in [6, 6.07) is 9.13. The number of nitrogens with zero attached hydrogens (tertiary/aromatic N) is 4. The van der Waals surface area contributed by atoms with Gasteiger partial charge in [0.2, 0.25) is 0 Å². The van der Waals surface area contributed by atoms with Crippen molar-refractivity contribution in [2.45, 2.75) is 24.5 Å². The average molecular weight is 397 g/mol. The van der Waals surface area contributed by atoms with Crippen molar-refractivity contribution in [2.24, 2.45) is 0 Å². The number of aliphatic hydroxyl groups is 3. The second kappa shape index (κ2) is 7.31. The van der Waals surface area contributed by atoms with Crippen molar-refractivity contribution in [1.29, 1.82) is 5.26 Å². The quantitative estimate of drug-likeness (QED) is 0.481. The number of nitrogens with two attached hydrogens (primary N) is 1. The molecule has 0 aliphatic carbocycles. The number of anilines is 1. The first kappa shape index (κ1) is 19.1. The average Bonchev–Trinajstić information content (AvgIpc) is 3.23. The number of nitrogen functional groups attached to an aromatic ring is 1. The van der Waals surface area contributed by atoms with Crippen molar-refractivity contribution in [3.05, 3.63) is 36.2 Å². The molecule has 4 rings (SSSR count). The maximum absolute atomic E-state index is 10.6. The van der Waals surface area contributed by atoms with Crippen LogP contribution in [0.15, 0.2) is 30.6 Å². The van der Waals surface area contributed by atoms with Gasteiger partial charge in [-0.05, 0) is 12.1 Å². The van der Waals surface area contributed by atoms with Gasteiger partial charge in [-0.3, -0.25) is 4.57 Å². The highest BCUT2D eigenvalue weighted by molar-refractivity contribution is 5.98. The van der Waals surface area contributed by atoms with E-state index < -0.39 is 31.1 Å². The van der Waals surface area contributed by atoms with Gasteiger partial charge in [-0.15, -0.1) is 0 Å². The lowest BCUT2D eigenvalue weighted by atomic mass is 10.1. The molecular weight excluding hydrogens is 378 g/mol. The molecule has 0 radical (unpaired) electrons. The van der Waals surface area contributed by atoms with Crippen molar-refractivity contribution in [3.63, 3.8) is 0 Å². The van der Waals surface area contributed by atoms with Crippen LogP contribution in [0.25, 0.3) is 22.3 Å².